The zero-order chi connectivity index (χ0) is 25.3. The van der Waals surface area contributed by atoms with E-state index in [2.05, 4.69) is 4.98 Å². The molecule has 0 saturated carbocycles. The molecule has 6 nitrogen and oxygen atoms in total. The Kier molecular flexibility index (Phi) is 6.40. The minimum absolute atomic E-state index is 0.384. The summed E-state index contributed by atoms with van der Waals surface area (Å²) in [6, 6.07) is 13.3. The molecule has 0 atom stereocenters. The number of rotatable bonds is 6. The lowest BCUT2D eigenvalue weighted by Gasteiger charge is -2.15. The predicted octanol–water partition coefficient (Wildman–Crippen LogP) is 4.96. The predicted molar refractivity (Wildman–Crippen MR) is 125 cm³/mol. The molecule has 0 aliphatic heterocycles. The molecule has 2 aromatic heterocycles. The number of pyridine rings is 1. The number of carbonyl (C=O) groups excluding carboxylic acids is 1. The summed E-state index contributed by atoms with van der Waals surface area (Å²) < 4.78 is 54.6. The van der Waals surface area contributed by atoms with Gasteiger partial charge in [-0.05, 0) is 61.6 Å². The summed E-state index contributed by atoms with van der Waals surface area (Å²) in [5, 5.41) is 5.33. The van der Waals surface area contributed by atoms with Gasteiger partial charge in [0, 0.05) is 23.7 Å². The monoisotopic (exact) mass is 483 g/mol. The molecule has 0 aliphatic carbocycles. The van der Waals surface area contributed by atoms with Crippen LogP contribution in [0.1, 0.15) is 16.7 Å². The van der Waals surface area contributed by atoms with Gasteiger partial charge in [-0.1, -0.05) is 24.3 Å². The second kappa shape index (κ2) is 9.30. The minimum Gasteiger partial charge on any atom is -0.364 e. The lowest BCUT2D eigenvalue weighted by atomic mass is 10.1. The number of alkyl halides is 3. The van der Waals surface area contributed by atoms with E-state index in [0.29, 0.717) is 40.1 Å². The second-order valence-corrected chi connectivity index (χ2v) is 8.19. The van der Waals surface area contributed by atoms with Gasteiger partial charge in [-0.2, -0.15) is 18.3 Å². The van der Waals surface area contributed by atoms with Crippen molar-refractivity contribution in [2.45, 2.75) is 12.7 Å². The number of aromatic nitrogens is 3. The van der Waals surface area contributed by atoms with Crippen LogP contribution in [0.2, 0.25) is 0 Å². The Morgan fingerprint density at radius 2 is 1.83 bits per heavy atom. The fourth-order valence-corrected chi connectivity index (χ4v) is 3.71. The van der Waals surface area contributed by atoms with E-state index in [4.69, 9.17) is 10.8 Å². The summed E-state index contributed by atoms with van der Waals surface area (Å²) >= 11 is 0. The first kappa shape index (κ1) is 24.1. The van der Waals surface area contributed by atoms with Crippen molar-refractivity contribution in [3.63, 3.8) is 0 Å². The van der Waals surface area contributed by atoms with Gasteiger partial charge in [0.1, 0.15) is 5.69 Å². The van der Waals surface area contributed by atoms with Crippen molar-refractivity contribution >= 4 is 23.0 Å². The maximum Gasteiger partial charge on any atom is 0.416 e. The number of nitrogens with two attached hydrogens (primary N) is 1. The number of fused-ring (bicyclic) bond motifs is 1. The summed E-state index contributed by atoms with van der Waals surface area (Å²) in [5.41, 5.74) is 7.46. The van der Waals surface area contributed by atoms with Gasteiger partial charge >= 0.3 is 6.18 Å². The molecule has 0 fully saturated rings. The summed E-state index contributed by atoms with van der Waals surface area (Å²) in [6.07, 6.45) is -1.84. The Labute approximate surface area is 198 Å². The van der Waals surface area contributed by atoms with Crippen molar-refractivity contribution in [3.8, 4) is 16.9 Å². The number of benzene rings is 2. The molecule has 1 amide bonds. The number of carbonyl (C=O) groups is 1. The third-order valence-corrected chi connectivity index (χ3v) is 5.28. The topological polar surface area (TPSA) is 77.0 Å². The Balaban J connectivity index is 1.92. The molecule has 0 radical (unpaired) electrons. The van der Waals surface area contributed by atoms with Gasteiger partial charge in [0.2, 0.25) is 0 Å². The van der Waals surface area contributed by atoms with E-state index < -0.39 is 23.5 Å². The van der Waals surface area contributed by atoms with Gasteiger partial charge in [-0.15, -0.1) is 0 Å². The fourth-order valence-electron chi connectivity index (χ4n) is 3.71. The van der Waals surface area contributed by atoms with Crippen LogP contribution in [0.15, 0.2) is 66.6 Å². The molecule has 0 spiro atoms. The third kappa shape index (κ3) is 5.07. The van der Waals surface area contributed by atoms with Crippen LogP contribution in [0, 0.1) is 0 Å². The highest BCUT2D eigenvalue weighted by atomic mass is 19.4. The first-order chi connectivity index (χ1) is 16.5. The molecule has 0 aliphatic rings. The SMILES string of the molecule is CN(C)Cc1ccc(C=C(F)C(N)=O)cc1-n1nc(-c2ccc(C(F)(F)F)cc2)c2cccnc21. The molecule has 10 heteroatoms. The normalized spacial score (nSPS) is 12.5. The van der Waals surface area contributed by atoms with Crippen molar-refractivity contribution in [2.24, 2.45) is 5.73 Å². The highest BCUT2D eigenvalue weighted by molar-refractivity contribution is 5.94. The Morgan fingerprint density at radius 3 is 2.46 bits per heavy atom. The van der Waals surface area contributed by atoms with E-state index in [1.54, 1.807) is 41.2 Å². The maximum atomic E-state index is 13.9. The zero-order valence-corrected chi connectivity index (χ0v) is 18.8. The number of hydrogen-bond donors (Lipinski definition) is 1. The first-order valence-corrected chi connectivity index (χ1v) is 10.5. The lowest BCUT2D eigenvalue weighted by Crippen LogP contribution is -2.14. The van der Waals surface area contributed by atoms with Gasteiger partial charge in [0.25, 0.3) is 5.91 Å². The van der Waals surface area contributed by atoms with Gasteiger partial charge < -0.3 is 10.6 Å². The molecule has 2 aromatic carbocycles. The van der Waals surface area contributed by atoms with Gasteiger partial charge in [0.15, 0.2) is 11.5 Å². The van der Waals surface area contributed by atoms with Gasteiger partial charge in [-0.3, -0.25) is 4.79 Å². The minimum atomic E-state index is -4.45. The quantitative estimate of drug-likeness (QED) is 0.311. The Hall–Kier alpha value is -4.05. The zero-order valence-electron chi connectivity index (χ0n) is 18.8. The molecule has 2 heterocycles. The van der Waals surface area contributed by atoms with E-state index >= 15 is 0 Å². The van der Waals surface area contributed by atoms with E-state index in [-0.39, 0.29) is 0 Å². The molecule has 35 heavy (non-hydrogen) atoms. The number of nitrogens with zero attached hydrogens (tertiary/aromatic N) is 4. The fraction of sp³-hybridized carbons (Fsp3) is 0.160. The Morgan fingerprint density at radius 1 is 1.11 bits per heavy atom. The van der Waals surface area contributed by atoms with Crippen LogP contribution in [0.5, 0.6) is 0 Å². The molecule has 4 aromatic rings. The standard InChI is InChI=1S/C25H21F4N5O/c1-33(2)14-17-6-5-15(12-20(26)23(30)35)13-21(17)34-24-19(4-3-11-31-24)22(32-34)16-7-9-18(10-8-16)25(27,28)29/h3-13H,14H2,1-2H3,(H2,30,35). The number of primary amides is 1. The van der Waals surface area contributed by atoms with Crippen LogP contribution in [0.4, 0.5) is 17.6 Å². The molecular formula is C25H21F4N5O. The lowest BCUT2D eigenvalue weighted by molar-refractivity contribution is -0.137. The highest BCUT2D eigenvalue weighted by Crippen LogP contribution is 2.34. The molecule has 0 bridgehead atoms. The van der Waals surface area contributed by atoms with Crippen LogP contribution in [0.3, 0.4) is 0 Å². The van der Waals surface area contributed by atoms with E-state index in [1.807, 2.05) is 19.0 Å². The van der Waals surface area contributed by atoms with Crippen LogP contribution in [-0.2, 0) is 17.5 Å². The number of halogens is 4. The van der Waals surface area contributed by atoms with Gasteiger partial charge in [-0.25, -0.2) is 14.1 Å². The molecule has 0 unspecified atom stereocenters. The second-order valence-electron chi connectivity index (χ2n) is 8.19. The Bertz CT molecular complexity index is 1420. The molecule has 2 N–H and O–H groups in total. The van der Waals surface area contributed by atoms with Crippen LogP contribution < -0.4 is 5.73 Å². The first-order valence-electron chi connectivity index (χ1n) is 10.5. The van der Waals surface area contributed by atoms with E-state index in [1.165, 1.54) is 12.1 Å². The average molecular weight is 483 g/mol. The summed E-state index contributed by atoms with van der Waals surface area (Å²) in [6.45, 7) is 0.515. The highest BCUT2D eigenvalue weighted by Gasteiger charge is 2.30. The van der Waals surface area contributed by atoms with Crippen LogP contribution in [0.25, 0.3) is 34.1 Å². The number of amides is 1. The molecule has 0 saturated heterocycles. The van der Waals surface area contributed by atoms with Gasteiger partial charge in [0.05, 0.1) is 11.3 Å². The van der Waals surface area contributed by atoms with Crippen LogP contribution in [-0.4, -0.2) is 39.7 Å². The molecular weight excluding hydrogens is 462 g/mol. The van der Waals surface area contributed by atoms with Crippen molar-refractivity contribution in [1.82, 2.24) is 19.7 Å². The summed E-state index contributed by atoms with van der Waals surface area (Å²) in [5.74, 6) is -2.27. The summed E-state index contributed by atoms with van der Waals surface area (Å²) in [7, 11) is 3.77. The maximum absolute atomic E-state index is 13.9. The van der Waals surface area contributed by atoms with Crippen molar-refractivity contribution in [1.29, 1.82) is 0 Å². The van der Waals surface area contributed by atoms with Crippen molar-refractivity contribution in [2.75, 3.05) is 14.1 Å². The molecule has 4 rings (SSSR count). The average Bonchev–Trinajstić information content (AvgIpc) is 3.19. The van der Waals surface area contributed by atoms with Crippen molar-refractivity contribution in [3.05, 3.63) is 83.3 Å². The third-order valence-electron chi connectivity index (χ3n) is 5.28. The largest absolute Gasteiger partial charge is 0.416 e. The number of hydrogen-bond acceptors (Lipinski definition) is 4. The summed E-state index contributed by atoms with van der Waals surface area (Å²) in [4.78, 5) is 17.5. The van der Waals surface area contributed by atoms with Crippen molar-refractivity contribution < 1.29 is 22.4 Å². The molecule has 180 valence electrons. The van der Waals surface area contributed by atoms with Crippen LogP contribution >= 0.6 is 0 Å². The van der Waals surface area contributed by atoms with E-state index in [9.17, 15) is 22.4 Å². The van der Waals surface area contributed by atoms with E-state index in [0.717, 1.165) is 23.8 Å². The smallest absolute Gasteiger partial charge is 0.364 e.